The minimum atomic E-state index is -1.94. The second kappa shape index (κ2) is 4.33. The third-order valence-corrected chi connectivity index (χ3v) is 1.29. The molecular weight excluding hydrogens is 156 g/mol. The molecule has 0 bridgehead atoms. The number of nitrogens with one attached hydrogen (secondary N) is 1. The van der Waals surface area contributed by atoms with E-state index in [2.05, 4.69) is 14.4 Å². The van der Waals surface area contributed by atoms with Gasteiger partial charge in [0.2, 0.25) is 6.41 Å². The zero-order valence-electron chi connectivity index (χ0n) is 4.73. The number of rotatable bonds is 2. The molecule has 0 unspecified atom stereocenters. The molecule has 1 amide bonds. The van der Waals surface area contributed by atoms with E-state index >= 15 is 0 Å². The third-order valence-electron chi connectivity index (χ3n) is 0.568. The normalized spacial score (nSPS) is 27.6. The molecule has 0 aliphatic carbocycles. The Morgan fingerprint density at radius 2 is 2.11 bits per heavy atom. The van der Waals surface area contributed by atoms with E-state index in [9.17, 15) is 9.36 Å². The van der Waals surface area contributed by atoms with Crippen molar-refractivity contribution >= 4 is 44.2 Å². The zero-order chi connectivity index (χ0) is 5.98. The molecule has 1 heterocycles. The molecule has 1 aliphatic heterocycles. The summed E-state index contributed by atoms with van der Waals surface area (Å²) in [7, 11) is -1.94. The molecule has 0 saturated carbocycles. The molecule has 1 radical (unpaired) electrons. The van der Waals surface area contributed by atoms with Gasteiger partial charge in [0.1, 0.15) is 0 Å². The Balaban J connectivity index is 0.000000640. The van der Waals surface area contributed by atoms with Crippen LogP contribution in [-0.2, 0) is 18.4 Å². The number of carbonyl (C=O) groups excluding carboxylic acids is 1. The largest absolute Gasteiger partial charge is 0.707 e. The van der Waals surface area contributed by atoms with E-state index in [1.807, 2.05) is 0 Å². The summed E-state index contributed by atoms with van der Waals surface area (Å²) >= 11 is 0. The molecule has 1 aliphatic rings. The van der Waals surface area contributed by atoms with E-state index in [1.54, 1.807) is 0 Å². The fourth-order valence-electron chi connectivity index (χ4n) is 0.281. The number of amides is 1. The van der Waals surface area contributed by atoms with Gasteiger partial charge >= 0.3 is 14.7 Å². The summed E-state index contributed by atoms with van der Waals surface area (Å²) in [5, 5.41) is 2.10. The summed E-state index contributed by atoms with van der Waals surface area (Å²) in [6, 6.07) is 0. The van der Waals surface area contributed by atoms with Crippen molar-refractivity contribution in [2.45, 2.75) is 6.41 Å². The molecule has 0 spiro atoms. The van der Waals surface area contributed by atoms with Gasteiger partial charge in [-0.3, -0.25) is 4.79 Å². The first kappa shape index (κ1) is 9.49. The Morgan fingerprint density at radius 3 is 2.44 bits per heavy atom. The first-order valence-electron chi connectivity index (χ1n) is 1.83. The molecule has 0 aromatic rings. The van der Waals surface area contributed by atoms with Crippen LogP contribution < -0.4 is 5.32 Å². The van der Waals surface area contributed by atoms with Crippen molar-refractivity contribution in [3.8, 4) is 0 Å². The maximum Gasteiger partial charge on any atom is 0.707 e. The van der Waals surface area contributed by atoms with Crippen molar-refractivity contribution in [1.82, 2.24) is 5.32 Å². The molecule has 7 heteroatoms. The summed E-state index contributed by atoms with van der Waals surface area (Å²) in [6.07, 6.45) is -0.386. The first-order valence-corrected chi connectivity index (χ1v) is 2.93. The summed E-state index contributed by atoms with van der Waals surface area (Å²) in [5.74, 6) is 0. The summed E-state index contributed by atoms with van der Waals surface area (Å²) in [5.41, 5.74) is 0. The topological polar surface area (TPSA) is 64.6 Å². The molecule has 1 rings (SSSR count). The smallest absolute Gasteiger partial charge is 0.303 e. The van der Waals surface area contributed by atoms with Crippen molar-refractivity contribution in [3.63, 3.8) is 0 Å². The van der Waals surface area contributed by atoms with Gasteiger partial charge in [-0.15, -0.1) is 0 Å². The zero-order valence-corrected chi connectivity index (χ0v) is 7.63. The van der Waals surface area contributed by atoms with Gasteiger partial charge in [-0.25, -0.2) is 0 Å². The minimum Gasteiger partial charge on any atom is -0.303 e. The van der Waals surface area contributed by atoms with Gasteiger partial charge in [-0.05, 0) is 0 Å². The molecule has 0 aromatic carbocycles. The van der Waals surface area contributed by atoms with Crippen molar-refractivity contribution in [1.29, 1.82) is 0 Å². The van der Waals surface area contributed by atoms with Gasteiger partial charge in [0.25, 0.3) is 0 Å². The van der Waals surface area contributed by atoms with Crippen molar-refractivity contribution in [2.75, 3.05) is 0 Å². The second-order valence-corrected chi connectivity index (χ2v) is 1.92. The monoisotopic (exact) mass is 159 g/mol. The molecule has 1 fully saturated rings. The molecule has 5 nitrogen and oxygen atoms in total. The van der Waals surface area contributed by atoms with Crippen LogP contribution in [-0.4, -0.2) is 42.4 Å². The maximum absolute atomic E-state index is 9.93. The Labute approximate surface area is 74.3 Å². The average Bonchev–Trinajstić information content (AvgIpc) is 1.64. The molecule has 0 atom stereocenters. The van der Waals surface area contributed by atoms with Crippen molar-refractivity contribution in [2.24, 2.45) is 0 Å². The Morgan fingerprint density at radius 1 is 1.56 bits per heavy atom. The maximum atomic E-state index is 9.93. The molecule has 45 valence electrons. The van der Waals surface area contributed by atoms with Gasteiger partial charge in [0.15, 0.2) is 0 Å². The van der Waals surface area contributed by atoms with Crippen LogP contribution >= 0.6 is 8.25 Å². The summed E-state index contributed by atoms with van der Waals surface area (Å²) in [4.78, 5) is 9.55. The Kier molecular flexibility index (Phi) is 4.56. The van der Waals surface area contributed by atoms with E-state index in [0.29, 0.717) is 6.41 Å². The SMILES string of the molecule is O=CNC1O[P+](=O)O1.[Na]. The quantitative estimate of drug-likeness (QED) is 0.330. The Bertz CT molecular complexity index is 119. The van der Waals surface area contributed by atoms with Crippen LogP contribution in [0.3, 0.4) is 0 Å². The van der Waals surface area contributed by atoms with E-state index < -0.39 is 14.7 Å². The van der Waals surface area contributed by atoms with Gasteiger partial charge in [-0.1, -0.05) is 9.05 Å². The standard InChI is InChI=1S/C2H2NO4P.Na/c4-1-3-2-6-8(5)7-2;/h1-2H;/p+1. The predicted molar refractivity (Wildman–Crippen MR) is 28.5 cm³/mol. The van der Waals surface area contributed by atoms with E-state index in [-0.39, 0.29) is 29.6 Å². The van der Waals surface area contributed by atoms with Crippen LogP contribution in [0.5, 0.6) is 0 Å². The molecule has 0 aromatic heterocycles. The van der Waals surface area contributed by atoms with E-state index in [0.717, 1.165) is 0 Å². The molecule has 1 N–H and O–H groups in total. The van der Waals surface area contributed by atoms with Gasteiger partial charge < -0.3 is 5.32 Å². The predicted octanol–water partition coefficient (Wildman–Crippen LogP) is -0.661. The van der Waals surface area contributed by atoms with Crippen LogP contribution in [0, 0.1) is 0 Å². The number of carbonyl (C=O) groups is 1. The fourth-order valence-corrected chi connectivity index (χ4v) is 0.731. The fraction of sp³-hybridized carbons (Fsp3) is 0.500. The van der Waals surface area contributed by atoms with Crippen molar-refractivity contribution < 1.29 is 18.4 Å². The number of hydrogen-bond donors (Lipinski definition) is 1. The summed E-state index contributed by atoms with van der Waals surface area (Å²) in [6.45, 7) is 0. The van der Waals surface area contributed by atoms with Crippen LogP contribution in [0.2, 0.25) is 0 Å². The van der Waals surface area contributed by atoms with Crippen LogP contribution in [0.15, 0.2) is 0 Å². The van der Waals surface area contributed by atoms with Gasteiger partial charge in [0.05, 0.1) is 0 Å². The van der Waals surface area contributed by atoms with Crippen LogP contribution in [0.4, 0.5) is 0 Å². The average molecular weight is 159 g/mol. The third kappa shape index (κ3) is 2.71. The second-order valence-electron chi connectivity index (χ2n) is 1.05. The van der Waals surface area contributed by atoms with Crippen LogP contribution in [0.1, 0.15) is 0 Å². The molecular formula is C2H3NNaO4P+. The minimum absolute atomic E-state index is 0. The Hall–Kier alpha value is 0.490. The van der Waals surface area contributed by atoms with Gasteiger partial charge in [0, 0.05) is 34.1 Å². The van der Waals surface area contributed by atoms with Gasteiger partial charge in [-0.2, -0.15) is 0 Å². The van der Waals surface area contributed by atoms with E-state index in [4.69, 9.17) is 0 Å². The first-order chi connectivity index (χ1) is 3.83. The molecule has 9 heavy (non-hydrogen) atoms. The molecule has 1 saturated heterocycles. The summed E-state index contributed by atoms with van der Waals surface area (Å²) < 4.78 is 18.6. The number of hydrogen-bond acceptors (Lipinski definition) is 4. The van der Waals surface area contributed by atoms with Crippen LogP contribution in [0.25, 0.3) is 0 Å². The van der Waals surface area contributed by atoms with E-state index in [1.165, 1.54) is 0 Å². The van der Waals surface area contributed by atoms with Crippen molar-refractivity contribution in [3.05, 3.63) is 0 Å².